The lowest BCUT2D eigenvalue weighted by Gasteiger charge is -2.20. The Balaban J connectivity index is 2.57. The smallest absolute Gasteiger partial charge is 0.269 e. The quantitative estimate of drug-likeness (QED) is 0.885. The van der Waals surface area contributed by atoms with E-state index < -0.39 is 32.4 Å². The minimum atomic E-state index is -4.53. The summed E-state index contributed by atoms with van der Waals surface area (Å²) in [6.07, 6.45) is 0. The van der Waals surface area contributed by atoms with Gasteiger partial charge < -0.3 is 5.73 Å². The van der Waals surface area contributed by atoms with Crippen molar-refractivity contribution in [1.82, 2.24) is 0 Å². The van der Waals surface area contributed by atoms with Crippen molar-refractivity contribution in [3.05, 3.63) is 53.8 Å². The second kappa shape index (κ2) is 5.28. The SMILES string of the molecule is CN(c1cccc(N)c1)S(=O)(=O)c1c(F)cc(F)cc1F. The summed E-state index contributed by atoms with van der Waals surface area (Å²) in [5.74, 6) is -4.19. The number of rotatable bonds is 3. The molecule has 0 aliphatic rings. The predicted molar refractivity (Wildman–Crippen MR) is 72.8 cm³/mol. The van der Waals surface area contributed by atoms with Gasteiger partial charge in [0.25, 0.3) is 10.0 Å². The number of halogens is 3. The van der Waals surface area contributed by atoms with Crippen LogP contribution in [0, 0.1) is 17.5 Å². The average Bonchev–Trinajstić information content (AvgIpc) is 2.36. The third kappa shape index (κ3) is 2.80. The van der Waals surface area contributed by atoms with Gasteiger partial charge in [-0.3, -0.25) is 4.31 Å². The highest BCUT2D eigenvalue weighted by molar-refractivity contribution is 7.92. The van der Waals surface area contributed by atoms with E-state index in [-0.39, 0.29) is 11.4 Å². The van der Waals surface area contributed by atoms with Crippen molar-refractivity contribution in [2.75, 3.05) is 17.1 Å². The van der Waals surface area contributed by atoms with Crippen molar-refractivity contribution in [3.63, 3.8) is 0 Å². The molecule has 0 saturated carbocycles. The third-order valence-corrected chi connectivity index (χ3v) is 4.65. The van der Waals surface area contributed by atoms with Gasteiger partial charge in [0.2, 0.25) is 0 Å². The normalized spacial score (nSPS) is 11.4. The molecule has 2 aromatic carbocycles. The summed E-state index contributed by atoms with van der Waals surface area (Å²) in [7, 11) is -3.41. The number of nitrogen functional groups attached to an aromatic ring is 1. The van der Waals surface area contributed by atoms with Crippen molar-refractivity contribution < 1.29 is 21.6 Å². The molecular weight excluding hydrogens is 305 g/mol. The molecular formula is C13H11F3N2O2S. The van der Waals surface area contributed by atoms with Crippen LogP contribution in [0.2, 0.25) is 0 Å². The van der Waals surface area contributed by atoms with E-state index in [0.717, 1.165) is 7.05 Å². The van der Waals surface area contributed by atoms with Crippen LogP contribution < -0.4 is 10.0 Å². The van der Waals surface area contributed by atoms with E-state index in [9.17, 15) is 21.6 Å². The molecule has 0 aliphatic carbocycles. The number of hydrogen-bond donors (Lipinski definition) is 1. The van der Waals surface area contributed by atoms with Gasteiger partial charge in [-0.15, -0.1) is 0 Å². The van der Waals surface area contributed by atoms with Crippen LogP contribution in [0.3, 0.4) is 0 Å². The van der Waals surface area contributed by atoms with Crippen molar-refractivity contribution in [2.45, 2.75) is 4.90 Å². The van der Waals surface area contributed by atoms with Crippen LogP contribution in [0.15, 0.2) is 41.3 Å². The number of nitrogens with two attached hydrogens (primary N) is 1. The molecule has 2 aromatic rings. The molecule has 0 bridgehead atoms. The molecule has 0 saturated heterocycles. The topological polar surface area (TPSA) is 63.4 Å². The van der Waals surface area contributed by atoms with Crippen LogP contribution in [0.1, 0.15) is 0 Å². The zero-order valence-corrected chi connectivity index (χ0v) is 11.7. The average molecular weight is 316 g/mol. The van der Waals surface area contributed by atoms with Crippen LogP contribution in [0.25, 0.3) is 0 Å². The molecule has 4 nitrogen and oxygen atoms in total. The Morgan fingerprint density at radius 3 is 2.14 bits per heavy atom. The van der Waals surface area contributed by atoms with Gasteiger partial charge in [0.1, 0.15) is 17.5 Å². The molecule has 0 spiro atoms. The summed E-state index contributed by atoms with van der Waals surface area (Å²) < 4.78 is 65.4. The number of nitrogens with zero attached hydrogens (tertiary/aromatic N) is 1. The molecule has 0 amide bonds. The zero-order valence-electron chi connectivity index (χ0n) is 10.8. The van der Waals surface area contributed by atoms with Crippen molar-refractivity contribution in [1.29, 1.82) is 0 Å². The summed E-state index contributed by atoms with van der Waals surface area (Å²) in [5, 5.41) is 0. The van der Waals surface area contributed by atoms with E-state index in [2.05, 4.69) is 0 Å². The monoisotopic (exact) mass is 316 g/mol. The highest BCUT2D eigenvalue weighted by atomic mass is 32.2. The lowest BCUT2D eigenvalue weighted by Crippen LogP contribution is -2.28. The maximum Gasteiger partial charge on any atom is 0.269 e. The molecule has 0 atom stereocenters. The van der Waals surface area contributed by atoms with E-state index >= 15 is 0 Å². The zero-order chi connectivity index (χ0) is 15.8. The van der Waals surface area contributed by atoms with E-state index in [0.29, 0.717) is 16.4 Å². The summed E-state index contributed by atoms with van der Waals surface area (Å²) in [4.78, 5) is -1.21. The Labute approximate surface area is 119 Å². The van der Waals surface area contributed by atoms with Crippen LogP contribution in [-0.4, -0.2) is 15.5 Å². The second-order valence-electron chi connectivity index (χ2n) is 4.27. The molecule has 112 valence electrons. The van der Waals surface area contributed by atoms with Crippen molar-refractivity contribution in [2.24, 2.45) is 0 Å². The molecule has 0 heterocycles. The van der Waals surface area contributed by atoms with Gasteiger partial charge >= 0.3 is 0 Å². The second-order valence-corrected chi connectivity index (χ2v) is 6.17. The third-order valence-electron chi connectivity index (χ3n) is 2.82. The Hall–Kier alpha value is -2.22. The van der Waals surface area contributed by atoms with E-state index in [1.54, 1.807) is 0 Å². The Morgan fingerprint density at radius 1 is 1.05 bits per heavy atom. The molecule has 0 fully saturated rings. The Bertz CT molecular complexity index is 771. The predicted octanol–water partition coefficient (Wildman–Crippen LogP) is 2.51. The summed E-state index contributed by atoms with van der Waals surface area (Å²) in [5.41, 5.74) is 5.95. The summed E-state index contributed by atoms with van der Waals surface area (Å²) in [6, 6.07) is 6.38. The van der Waals surface area contributed by atoms with Gasteiger partial charge in [-0.25, -0.2) is 21.6 Å². The molecule has 21 heavy (non-hydrogen) atoms. The van der Waals surface area contributed by atoms with Gasteiger partial charge in [0.05, 0.1) is 5.69 Å². The van der Waals surface area contributed by atoms with Gasteiger partial charge in [0, 0.05) is 24.9 Å². The number of hydrogen-bond acceptors (Lipinski definition) is 3. The Kier molecular flexibility index (Phi) is 3.82. The van der Waals surface area contributed by atoms with E-state index in [1.807, 2.05) is 0 Å². The number of sulfonamides is 1. The first-order valence-electron chi connectivity index (χ1n) is 5.72. The maximum absolute atomic E-state index is 13.7. The molecule has 0 aromatic heterocycles. The van der Waals surface area contributed by atoms with Crippen LogP contribution in [0.5, 0.6) is 0 Å². The fraction of sp³-hybridized carbons (Fsp3) is 0.0769. The largest absolute Gasteiger partial charge is 0.399 e. The molecule has 8 heteroatoms. The first-order valence-corrected chi connectivity index (χ1v) is 7.16. The van der Waals surface area contributed by atoms with Crippen molar-refractivity contribution in [3.8, 4) is 0 Å². The standard InChI is InChI=1S/C13H11F3N2O2S/c1-18(10-4-2-3-9(17)7-10)21(19,20)13-11(15)5-8(14)6-12(13)16/h2-7H,17H2,1H3. The summed E-state index contributed by atoms with van der Waals surface area (Å²) in [6.45, 7) is 0. The minimum absolute atomic E-state index is 0.123. The lowest BCUT2D eigenvalue weighted by atomic mass is 10.3. The number of benzene rings is 2. The van der Waals surface area contributed by atoms with Gasteiger partial charge in [0.15, 0.2) is 4.90 Å². The molecule has 0 unspecified atom stereocenters. The van der Waals surface area contributed by atoms with Crippen molar-refractivity contribution >= 4 is 21.4 Å². The van der Waals surface area contributed by atoms with E-state index in [4.69, 9.17) is 5.73 Å². The van der Waals surface area contributed by atoms with Gasteiger partial charge in [-0.05, 0) is 18.2 Å². The fourth-order valence-corrected chi connectivity index (χ4v) is 3.05. The molecule has 2 N–H and O–H groups in total. The maximum atomic E-state index is 13.7. The highest BCUT2D eigenvalue weighted by Crippen LogP contribution is 2.27. The van der Waals surface area contributed by atoms with E-state index in [1.165, 1.54) is 24.3 Å². The minimum Gasteiger partial charge on any atom is -0.399 e. The first kappa shape index (κ1) is 15.2. The van der Waals surface area contributed by atoms with Gasteiger partial charge in [-0.2, -0.15) is 0 Å². The fourth-order valence-electron chi connectivity index (χ4n) is 1.77. The van der Waals surface area contributed by atoms with Crippen LogP contribution in [-0.2, 0) is 10.0 Å². The summed E-state index contributed by atoms with van der Waals surface area (Å²) >= 11 is 0. The lowest BCUT2D eigenvalue weighted by molar-refractivity contribution is 0.497. The molecule has 0 radical (unpaired) electrons. The highest BCUT2D eigenvalue weighted by Gasteiger charge is 2.29. The molecule has 0 aliphatic heterocycles. The van der Waals surface area contributed by atoms with Crippen LogP contribution >= 0.6 is 0 Å². The van der Waals surface area contributed by atoms with Crippen LogP contribution in [0.4, 0.5) is 24.5 Å². The first-order chi connectivity index (χ1) is 9.73. The Morgan fingerprint density at radius 2 is 1.62 bits per heavy atom. The van der Waals surface area contributed by atoms with Gasteiger partial charge in [-0.1, -0.05) is 6.07 Å². The number of anilines is 2. The molecule has 2 rings (SSSR count).